The Bertz CT molecular complexity index is 510. The lowest BCUT2D eigenvalue weighted by atomic mass is 10.1. The van der Waals surface area contributed by atoms with E-state index in [-0.39, 0.29) is 0 Å². The molecule has 5 nitrogen and oxygen atoms in total. The van der Waals surface area contributed by atoms with Crippen LogP contribution in [-0.4, -0.2) is 22.0 Å². The van der Waals surface area contributed by atoms with Crippen molar-refractivity contribution in [2.75, 3.05) is 6.61 Å². The number of benzene rings is 1. The molecule has 0 saturated heterocycles. The van der Waals surface area contributed by atoms with Gasteiger partial charge in [-0.25, -0.2) is 0 Å². The van der Waals surface area contributed by atoms with Gasteiger partial charge in [0.15, 0.2) is 5.69 Å². The maximum Gasteiger partial charge on any atom is 0.190 e. The third-order valence-electron chi connectivity index (χ3n) is 2.09. The van der Waals surface area contributed by atoms with E-state index in [2.05, 4.69) is 15.4 Å². The van der Waals surface area contributed by atoms with Crippen LogP contribution >= 0.6 is 0 Å². The van der Waals surface area contributed by atoms with Crippen LogP contribution in [0.15, 0.2) is 24.3 Å². The van der Waals surface area contributed by atoms with E-state index in [0.717, 1.165) is 11.3 Å². The average molecular weight is 214 g/mol. The average Bonchev–Trinajstić information content (AvgIpc) is 2.78. The predicted octanol–water partition coefficient (Wildman–Crippen LogP) is 1.74. The van der Waals surface area contributed by atoms with Crippen LogP contribution in [0.1, 0.15) is 12.6 Å². The Kier molecular flexibility index (Phi) is 2.83. The lowest BCUT2D eigenvalue weighted by molar-refractivity contribution is 0.340. The maximum atomic E-state index is 8.81. The van der Waals surface area contributed by atoms with E-state index in [1.54, 1.807) is 0 Å². The molecule has 0 aliphatic rings. The first kappa shape index (κ1) is 10.2. The SMILES string of the molecule is CCOc1ccc(-c2n[nH]nc2C#N)cc1. The Balaban J connectivity index is 2.32. The zero-order valence-corrected chi connectivity index (χ0v) is 8.77. The molecule has 2 aromatic rings. The van der Waals surface area contributed by atoms with Gasteiger partial charge in [-0.2, -0.15) is 15.6 Å². The molecule has 0 radical (unpaired) electrons. The van der Waals surface area contributed by atoms with Gasteiger partial charge in [-0.15, -0.1) is 5.10 Å². The van der Waals surface area contributed by atoms with Crippen molar-refractivity contribution in [3.63, 3.8) is 0 Å². The highest BCUT2D eigenvalue weighted by atomic mass is 16.5. The molecule has 5 heteroatoms. The van der Waals surface area contributed by atoms with E-state index in [4.69, 9.17) is 10.00 Å². The van der Waals surface area contributed by atoms with E-state index in [1.807, 2.05) is 37.3 Å². The molecule has 2 rings (SSSR count). The fourth-order valence-corrected chi connectivity index (χ4v) is 1.39. The van der Waals surface area contributed by atoms with Gasteiger partial charge in [0.2, 0.25) is 0 Å². The number of ether oxygens (including phenoxy) is 1. The molecule has 1 aromatic carbocycles. The largest absolute Gasteiger partial charge is 0.494 e. The number of nitrogens with one attached hydrogen (secondary N) is 1. The predicted molar refractivity (Wildman–Crippen MR) is 57.7 cm³/mol. The molecule has 0 aliphatic carbocycles. The lowest BCUT2D eigenvalue weighted by Crippen LogP contribution is -1.91. The number of hydrogen-bond acceptors (Lipinski definition) is 4. The van der Waals surface area contributed by atoms with Gasteiger partial charge >= 0.3 is 0 Å². The van der Waals surface area contributed by atoms with Crippen LogP contribution in [-0.2, 0) is 0 Å². The third kappa shape index (κ3) is 1.86. The van der Waals surface area contributed by atoms with Crippen molar-refractivity contribution in [3.8, 4) is 23.1 Å². The van der Waals surface area contributed by atoms with E-state index in [9.17, 15) is 0 Å². The van der Waals surface area contributed by atoms with Crippen molar-refractivity contribution in [1.29, 1.82) is 5.26 Å². The number of aromatic amines is 1. The lowest BCUT2D eigenvalue weighted by Gasteiger charge is -2.02. The second-order valence-electron chi connectivity index (χ2n) is 3.09. The molecule has 0 fully saturated rings. The summed E-state index contributed by atoms with van der Waals surface area (Å²) in [4.78, 5) is 0. The third-order valence-corrected chi connectivity index (χ3v) is 2.09. The zero-order chi connectivity index (χ0) is 11.4. The Morgan fingerprint density at radius 3 is 2.69 bits per heavy atom. The number of rotatable bonds is 3. The molecule has 80 valence electrons. The number of hydrogen-bond donors (Lipinski definition) is 1. The van der Waals surface area contributed by atoms with Gasteiger partial charge in [-0.3, -0.25) is 0 Å². The van der Waals surface area contributed by atoms with Crippen molar-refractivity contribution in [3.05, 3.63) is 30.0 Å². The van der Waals surface area contributed by atoms with Gasteiger partial charge in [0.05, 0.1) is 6.61 Å². The topological polar surface area (TPSA) is 74.6 Å². The Morgan fingerprint density at radius 1 is 1.31 bits per heavy atom. The molecule has 0 atom stereocenters. The summed E-state index contributed by atoms with van der Waals surface area (Å²) in [6.07, 6.45) is 0. The van der Waals surface area contributed by atoms with Gasteiger partial charge < -0.3 is 4.74 Å². The Hall–Kier alpha value is -2.35. The highest BCUT2D eigenvalue weighted by Gasteiger charge is 2.09. The minimum Gasteiger partial charge on any atom is -0.494 e. The smallest absolute Gasteiger partial charge is 0.190 e. The number of H-pyrrole nitrogens is 1. The van der Waals surface area contributed by atoms with Crippen LogP contribution in [0, 0.1) is 11.3 Å². The number of nitriles is 1. The highest BCUT2D eigenvalue weighted by molar-refractivity contribution is 5.64. The van der Waals surface area contributed by atoms with Crippen molar-refractivity contribution in [2.24, 2.45) is 0 Å². The summed E-state index contributed by atoms with van der Waals surface area (Å²) in [6.45, 7) is 2.56. The monoisotopic (exact) mass is 214 g/mol. The molecular formula is C11H10N4O. The van der Waals surface area contributed by atoms with Crippen LogP contribution in [0.3, 0.4) is 0 Å². The van der Waals surface area contributed by atoms with Gasteiger partial charge in [-0.1, -0.05) is 0 Å². The number of nitrogens with zero attached hydrogens (tertiary/aromatic N) is 3. The Morgan fingerprint density at radius 2 is 2.06 bits per heavy atom. The molecule has 1 heterocycles. The summed E-state index contributed by atoms with van der Waals surface area (Å²) in [5.41, 5.74) is 1.70. The second-order valence-corrected chi connectivity index (χ2v) is 3.09. The molecular weight excluding hydrogens is 204 g/mol. The van der Waals surface area contributed by atoms with E-state index in [0.29, 0.717) is 18.0 Å². The summed E-state index contributed by atoms with van der Waals surface area (Å²) in [5, 5.41) is 18.9. The quantitative estimate of drug-likeness (QED) is 0.844. The molecule has 0 spiro atoms. The standard InChI is InChI=1S/C11H10N4O/c1-2-16-9-5-3-8(4-6-9)11-10(7-12)13-15-14-11/h3-6H,2H2,1H3,(H,13,14,15). The summed E-state index contributed by atoms with van der Waals surface area (Å²) in [5.74, 6) is 0.799. The molecule has 0 unspecified atom stereocenters. The van der Waals surface area contributed by atoms with E-state index in [1.165, 1.54) is 0 Å². The summed E-state index contributed by atoms with van der Waals surface area (Å²) < 4.78 is 5.33. The van der Waals surface area contributed by atoms with Crippen molar-refractivity contribution in [2.45, 2.75) is 6.92 Å². The molecule has 0 aliphatic heterocycles. The molecule has 1 N–H and O–H groups in total. The molecule has 0 amide bonds. The molecule has 1 aromatic heterocycles. The summed E-state index contributed by atoms with van der Waals surface area (Å²) in [6, 6.07) is 9.36. The zero-order valence-electron chi connectivity index (χ0n) is 8.77. The van der Waals surface area contributed by atoms with Crippen molar-refractivity contribution < 1.29 is 4.74 Å². The second kappa shape index (κ2) is 4.45. The van der Waals surface area contributed by atoms with Gasteiger partial charge in [0.1, 0.15) is 17.5 Å². The first-order valence-electron chi connectivity index (χ1n) is 4.89. The fraction of sp³-hybridized carbons (Fsp3) is 0.182. The van der Waals surface area contributed by atoms with Crippen LogP contribution in [0.5, 0.6) is 5.75 Å². The van der Waals surface area contributed by atoms with Gasteiger partial charge in [0.25, 0.3) is 0 Å². The summed E-state index contributed by atoms with van der Waals surface area (Å²) in [7, 11) is 0. The maximum absolute atomic E-state index is 8.81. The first-order valence-corrected chi connectivity index (χ1v) is 4.89. The number of aromatic nitrogens is 3. The minimum atomic E-state index is 0.296. The minimum absolute atomic E-state index is 0.296. The molecule has 16 heavy (non-hydrogen) atoms. The van der Waals surface area contributed by atoms with Crippen LogP contribution in [0.2, 0.25) is 0 Å². The summed E-state index contributed by atoms with van der Waals surface area (Å²) >= 11 is 0. The normalized spacial score (nSPS) is 9.75. The highest BCUT2D eigenvalue weighted by Crippen LogP contribution is 2.22. The van der Waals surface area contributed by atoms with Crippen molar-refractivity contribution >= 4 is 0 Å². The fourth-order valence-electron chi connectivity index (χ4n) is 1.39. The van der Waals surface area contributed by atoms with E-state index >= 15 is 0 Å². The Labute approximate surface area is 92.7 Å². The molecule has 0 saturated carbocycles. The van der Waals surface area contributed by atoms with Crippen molar-refractivity contribution in [1.82, 2.24) is 15.4 Å². The van der Waals surface area contributed by atoms with Gasteiger partial charge in [0, 0.05) is 5.56 Å². The van der Waals surface area contributed by atoms with Crippen LogP contribution < -0.4 is 4.74 Å². The van der Waals surface area contributed by atoms with E-state index < -0.39 is 0 Å². The van der Waals surface area contributed by atoms with Crippen LogP contribution in [0.4, 0.5) is 0 Å². The van der Waals surface area contributed by atoms with Crippen LogP contribution in [0.25, 0.3) is 11.3 Å². The molecule has 0 bridgehead atoms. The first-order chi connectivity index (χ1) is 7.85. The van der Waals surface area contributed by atoms with Gasteiger partial charge in [-0.05, 0) is 31.2 Å².